The van der Waals surface area contributed by atoms with Crippen molar-refractivity contribution in [2.75, 3.05) is 37.1 Å². The molecule has 4 heterocycles. The Kier molecular flexibility index (Phi) is 11.7. The van der Waals surface area contributed by atoms with E-state index in [4.69, 9.17) is 27.9 Å². The van der Waals surface area contributed by atoms with E-state index >= 15 is 0 Å². The van der Waals surface area contributed by atoms with E-state index in [9.17, 15) is 29.8 Å². The highest BCUT2D eigenvalue weighted by atomic mass is 35.5. The van der Waals surface area contributed by atoms with Crippen LogP contribution in [0.4, 0.5) is 23.0 Å². The van der Waals surface area contributed by atoms with Crippen LogP contribution < -0.4 is 9.80 Å². The summed E-state index contributed by atoms with van der Waals surface area (Å²) in [6.45, 7) is 0.960. The Morgan fingerprint density at radius 2 is 1.23 bits per heavy atom. The average molecular weight is 603 g/mol. The van der Waals surface area contributed by atoms with Crippen LogP contribution >= 0.6 is 23.2 Å². The molecule has 0 spiro atoms. The maximum absolute atomic E-state index is 11.8. The van der Waals surface area contributed by atoms with Gasteiger partial charge in [-0.15, -0.1) is 0 Å². The number of aromatic nitrogens is 4. The highest BCUT2D eigenvalue weighted by Crippen LogP contribution is 2.33. The summed E-state index contributed by atoms with van der Waals surface area (Å²) in [5, 5.41) is 21.8. The Morgan fingerprint density at radius 3 is 1.62 bits per heavy atom. The lowest BCUT2D eigenvalue weighted by molar-refractivity contribution is -0.384. The van der Waals surface area contributed by atoms with Crippen LogP contribution in [0.3, 0.4) is 0 Å². The van der Waals surface area contributed by atoms with Crippen LogP contribution in [0.15, 0.2) is 12.4 Å². The topological polar surface area (TPSA) is 197 Å². The number of piperidine rings is 1. The van der Waals surface area contributed by atoms with E-state index in [0.29, 0.717) is 25.9 Å². The van der Waals surface area contributed by atoms with Gasteiger partial charge in [0.15, 0.2) is 0 Å². The Bertz CT molecular complexity index is 1250. The van der Waals surface area contributed by atoms with Crippen molar-refractivity contribution in [1.82, 2.24) is 19.9 Å². The molecule has 0 aliphatic carbocycles. The second kappa shape index (κ2) is 14.5. The molecule has 0 radical (unpaired) electrons. The highest BCUT2D eigenvalue weighted by molar-refractivity contribution is 6.28. The molecule has 2 saturated heterocycles. The van der Waals surface area contributed by atoms with E-state index in [1.54, 1.807) is 4.90 Å². The molecule has 218 valence electrons. The zero-order valence-corrected chi connectivity index (χ0v) is 22.4. The predicted octanol–water partition coefficient (Wildman–Crippen LogP) is 3.39. The number of rotatable bonds is 6. The zero-order chi connectivity index (χ0) is 28.7. The van der Waals surface area contributed by atoms with Crippen LogP contribution in [-0.4, -0.2) is 81.1 Å². The maximum atomic E-state index is 11.8. The molecule has 18 heteroatoms. The molecule has 0 aromatic carbocycles. The minimum Gasteiger partial charge on any atom is -0.467 e. The fourth-order valence-electron chi connectivity index (χ4n) is 4.34. The van der Waals surface area contributed by atoms with Gasteiger partial charge in [0.05, 0.1) is 24.1 Å². The van der Waals surface area contributed by atoms with E-state index < -0.39 is 33.9 Å². The maximum Gasteiger partial charge on any atom is 0.329 e. The zero-order valence-electron chi connectivity index (χ0n) is 20.9. The molecule has 0 saturated carbocycles. The summed E-state index contributed by atoms with van der Waals surface area (Å²) < 4.78 is 9.43. The van der Waals surface area contributed by atoms with Crippen molar-refractivity contribution in [3.63, 3.8) is 0 Å². The van der Waals surface area contributed by atoms with E-state index in [0.717, 1.165) is 31.7 Å². The van der Waals surface area contributed by atoms with Gasteiger partial charge in [-0.25, -0.2) is 19.6 Å². The molecule has 2 aromatic heterocycles. The third-order valence-electron chi connectivity index (χ3n) is 6.08. The molecule has 40 heavy (non-hydrogen) atoms. The van der Waals surface area contributed by atoms with Gasteiger partial charge in [-0.3, -0.25) is 20.2 Å². The van der Waals surface area contributed by atoms with Crippen molar-refractivity contribution in [3.8, 4) is 0 Å². The van der Waals surface area contributed by atoms with Crippen molar-refractivity contribution >= 4 is 58.2 Å². The normalized spacial score (nSPS) is 18.1. The summed E-state index contributed by atoms with van der Waals surface area (Å²) in [4.78, 5) is 62.4. The third kappa shape index (κ3) is 7.38. The number of hydrogen-bond donors (Lipinski definition) is 0. The van der Waals surface area contributed by atoms with Crippen LogP contribution in [-0.2, 0) is 19.1 Å². The lowest BCUT2D eigenvalue weighted by Crippen LogP contribution is -2.46. The van der Waals surface area contributed by atoms with Gasteiger partial charge in [0.1, 0.15) is 24.5 Å². The highest BCUT2D eigenvalue weighted by Gasteiger charge is 2.37. The monoisotopic (exact) mass is 602 g/mol. The first-order valence-corrected chi connectivity index (χ1v) is 12.4. The summed E-state index contributed by atoms with van der Waals surface area (Å²) in [7, 11) is 2.57. The minimum absolute atomic E-state index is 0. The SMILES string of the molecule is C.COC(=O)[C@H]1CCCCN1c1nc(Cl)ncc1[N+](=O)[O-].COC(=O)[C@H]1CCCN1c1nc(Cl)ncc1[N+](=O)[O-]. The van der Waals surface area contributed by atoms with Gasteiger partial charge in [0.25, 0.3) is 0 Å². The number of nitrogens with zero attached hydrogens (tertiary/aromatic N) is 8. The molecule has 2 atom stereocenters. The molecule has 16 nitrogen and oxygen atoms in total. The lowest BCUT2D eigenvalue weighted by Gasteiger charge is -2.34. The van der Waals surface area contributed by atoms with Gasteiger partial charge >= 0.3 is 23.3 Å². The van der Waals surface area contributed by atoms with Crippen LogP contribution in [0, 0.1) is 20.2 Å². The smallest absolute Gasteiger partial charge is 0.329 e. The number of carbonyl (C=O) groups excluding carboxylic acids is 2. The van der Waals surface area contributed by atoms with E-state index in [2.05, 4.69) is 24.7 Å². The lowest BCUT2D eigenvalue weighted by atomic mass is 10.0. The largest absolute Gasteiger partial charge is 0.467 e. The second-order valence-electron chi connectivity index (χ2n) is 8.31. The number of hydrogen-bond acceptors (Lipinski definition) is 14. The third-order valence-corrected chi connectivity index (χ3v) is 6.45. The summed E-state index contributed by atoms with van der Waals surface area (Å²) in [6, 6.07) is -1.16. The quantitative estimate of drug-likeness (QED) is 0.201. The fraction of sp³-hybridized carbons (Fsp3) is 0.545. The molecule has 0 N–H and O–H groups in total. The van der Waals surface area contributed by atoms with Crippen LogP contribution in [0.1, 0.15) is 39.5 Å². The average Bonchev–Trinajstić information content (AvgIpc) is 3.42. The first-order valence-electron chi connectivity index (χ1n) is 11.6. The summed E-state index contributed by atoms with van der Waals surface area (Å²) in [5.41, 5.74) is -0.551. The molecular weight excluding hydrogens is 575 g/mol. The predicted molar refractivity (Wildman–Crippen MR) is 144 cm³/mol. The number of nitro groups is 2. The van der Waals surface area contributed by atoms with Gasteiger partial charge < -0.3 is 19.3 Å². The van der Waals surface area contributed by atoms with Gasteiger partial charge in [0, 0.05) is 13.1 Å². The molecule has 0 unspecified atom stereocenters. The number of anilines is 2. The van der Waals surface area contributed by atoms with Gasteiger partial charge in [-0.05, 0) is 55.3 Å². The molecule has 0 amide bonds. The van der Waals surface area contributed by atoms with Crippen LogP contribution in [0.25, 0.3) is 0 Å². The summed E-state index contributed by atoms with van der Waals surface area (Å²) >= 11 is 11.4. The Hall–Kier alpha value is -3.92. The van der Waals surface area contributed by atoms with Gasteiger partial charge in [-0.1, -0.05) is 7.43 Å². The number of carbonyl (C=O) groups is 2. The number of halogens is 2. The molecule has 2 aliphatic heterocycles. The number of ether oxygens (including phenoxy) is 2. The van der Waals surface area contributed by atoms with Crippen molar-refractivity contribution < 1.29 is 28.9 Å². The molecule has 2 aromatic rings. The Labute approximate surface area is 238 Å². The minimum atomic E-state index is -0.599. The van der Waals surface area contributed by atoms with Crippen molar-refractivity contribution in [1.29, 1.82) is 0 Å². The van der Waals surface area contributed by atoms with Crippen molar-refractivity contribution in [2.45, 2.75) is 51.6 Å². The fourth-order valence-corrected chi connectivity index (χ4v) is 4.60. The molecule has 2 aliphatic rings. The first kappa shape index (κ1) is 32.3. The number of methoxy groups -OCH3 is 2. The van der Waals surface area contributed by atoms with E-state index in [1.165, 1.54) is 19.1 Å². The van der Waals surface area contributed by atoms with E-state index in [-0.39, 0.29) is 41.0 Å². The number of esters is 2. The van der Waals surface area contributed by atoms with Gasteiger partial charge in [0.2, 0.25) is 22.2 Å². The molecule has 4 rings (SSSR count). The molecular formula is C22H28Cl2N8O8. The Balaban J connectivity index is 0.000000274. The standard InChI is InChI=1S/C11H13ClN4O4.C10H11ClN4O4.CH4/c1-20-10(17)7-4-2-3-5-15(7)9-8(16(18)19)6-13-11(12)14-9;1-19-9(16)6-3-2-4-14(6)8-7(15(17)18)5-12-10(11)13-8;/h6-7H,2-5H2,1H3;5-6H,2-4H2,1H3;1H4/t7-;6-;/m11./s1. The summed E-state index contributed by atoms with van der Waals surface area (Å²) in [5.74, 6) is -0.765. The van der Waals surface area contributed by atoms with Gasteiger partial charge in [-0.2, -0.15) is 9.97 Å². The van der Waals surface area contributed by atoms with Crippen molar-refractivity contribution in [3.05, 3.63) is 43.2 Å². The van der Waals surface area contributed by atoms with E-state index in [1.807, 2.05) is 0 Å². The Morgan fingerprint density at radius 1 is 0.825 bits per heavy atom. The second-order valence-corrected chi connectivity index (χ2v) is 8.99. The molecule has 2 fully saturated rings. The molecule has 0 bridgehead atoms. The summed E-state index contributed by atoms with van der Waals surface area (Å²) in [6.07, 6.45) is 5.59. The first-order chi connectivity index (χ1) is 18.6. The van der Waals surface area contributed by atoms with Crippen LogP contribution in [0.2, 0.25) is 10.6 Å². The van der Waals surface area contributed by atoms with Crippen LogP contribution in [0.5, 0.6) is 0 Å². The van der Waals surface area contributed by atoms with Crippen molar-refractivity contribution in [2.24, 2.45) is 0 Å².